The molecule has 1 aliphatic rings. The molecule has 1 fully saturated rings. The topological polar surface area (TPSA) is 74.2 Å². The first-order valence-electron chi connectivity index (χ1n) is 11.0. The second-order valence-corrected chi connectivity index (χ2v) is 9.12. The number of nitrogens with one attached hydrogen (secondary N) is 1. The molecule has 3 rings (SSSR count). The summed E-state index contributed by atoms with van der Waals surface area (Å²) in [6, 6.07) is 13.2. The number of nitrogens with zero attached hydrogens (tertiary/aromatic N) is 1. The molecule has 1 saturated heterocycles. The smallest absolute Gasteiger partial charge is 0.121 e. The van der Waals surface area contributed by atoms with E-state index in [-0.39, 0.29) is 13.2 Å². The Morgan fingerprint density at radius 2 is 1.66 bits per heavy atom. The predicted octanol–water partition coefficient (Wildman–Crippen LogP) is 3.54. The summed E-state index contributed by atoms with van der Waals surface area (Å²) >= 11 is 11.9. The van der Waals surface area contributed by atoms with Crippen LogP contribution in [0.5, 0.6) is 11.5 Å². The molecule has 0 radical (unpaired) electrons. The highest BCUT2D eigenvalue weighted by molar-refractivity contribution is 6.42. The van der Waals surface area contributed by atoms with Gasteiger partial charge in [0.2, 0.25) is 0 Å². The monoisotopic (exact) mass is 482 g/mol. The lowest BCUT2D eigenvalue weighted by atomic mass is 10.0. The average Bonchev–Trinajstić information content (AvgIpc) is 2.78. The number of benzene rings is 2. The maximum atomic E-state index is 10.3. The van der Waals surface area contributed by atoms with E-state index in [1.807, 2.05) is 31.2 Å². The van der Waals surface area contributed by atoms with E-state index in [9.17, 15) is 10.2 Å². The number of ether oxygens (including phenoxy) is 2. The molecule has 0 saturated carbocycles. The van der Waals surface area contributed by atoms with Crippen LogP contribution in [-0.2, 0) is 0 Å². The van der Waals surface area contributed by atoms with E-state index >= 15 is 0 Å². The summed E-state index contributed by atoms with van der Waals surface area (Å²) in [4.78, 5) is 2.23. The quantitative estimate of drug-likeness (QED) is 0.454. The number of hydrogen-bond acceptors (Lipinski definition) is 6. The molecule has 32 heavy (non-hydrogen) atoms. The van der Waals surface area contributed by atoms with Gasteiger partial charge in [0.25, 0.3) is 0 Å². The van der Waals surface area contributed by atoms with Crippen LogP contribution in [0, 0.1) is 6.92 Å². The minimum Gasteiger partial charge on any atom is -0.491 e. The van der Waals surface area contributed by atoms with Gasteiger partial charge >= 0.3 is 0 Å². The minimum atomic E-state index is -0.588. The van der Waals surface area contributed by atoms with Gasteiger partial charge in [0.1, 0.15) is 36.9 Å². The minimum absolute atomic E-state index is 0.198. The highest BCUT2D eigenvalue weighted by Crippen LogP contribution is 2.26. The molecule has 1 heterocycles. The number of β-amino-alcohol motifs (C(OH)–C–C–N with tert-alkyl or cyclic N) is 1. The molecule has 2 atom stereocenters. The molecular formula is C24H32Cl2N2O4. The summed E-state index contributed by atoms with van der Waals surface area (Å²) in [6.45, 7) is 5.30. The van der Waals surface area contributed by atoms with E-state index in [2.05, 4.69) is 10.2 Å². The predicted molar refractivity (Wildman–Crippen MR) is 128 cm³/mol. The van der Waals surface area contributed by atoms with Crippen molar-refractivity contribution in [3.63, 3.8) is 0 Å². The zero-order valence-corrected chi connectivity index (χ0v) is 19.9. The molecule has 0 spiro atoms. The Morgan fingerprint density at radius 1 is 0.969 bits per heavy atom. The van der Waals surface area contributed by atoms with Crippen LogP contribution in [0.2, 0.25) is 10.0 Å². The number of hydrogen-bond donors (Lipinski definition) is 3. The van der Waals surface area contributed by atoms with E-state index in [1.54, 1.807) is 18.2 Å². The summed E-state index contributed by atoms with van der Waals surface area (Å²) in [5.74, 6) is 1.37. The van der Waals surface area contributed by atoms with Gasteiger partial charge in [0.15, 0.2) is 0 Å². The van der Waals surface area contributed by atoms with Gasteiger partial charge in [0.05, 0.1) is 10.0 Å². The molecule has 0 aliphatic carbocycles. The first-order valence-corrected chi connectivity index (χ1v) is 11.7. The van der Waals surface area contributed by atoms with Crippen molar-refractivity contribution in [2.45, 2.75) is 38.0 Å². The van der Waals surface area contributed by atoms with E-state index in [4.69, 9.17) is 32.7 Å². The van der Waals surface area contributed by atoms with Crippen LogP contribution in [0.1, 0.15) is 18.4 Å². The zero-order chi connectivity index (χ0) is 22.9. The molecule has 8 heteroatoms. The van der Waals surface area contributed by atoms with E-state index in [0.29, 0.717) is 34.9 Å². The van der Waals surface area contributed by atoms with Gasteiger partial charge in [-0.15, -0.1) is 0 Å². The molecule has 2 aromatic rings. The number of piperidine rings is 1. The van der Waals surface area contributed by atoms with Crippen LogP contribution in [0.15, 0.2) is 42.5 Å². The maximum Gasteiger partial charge on any atom is 0.121 e. The fourth-order valence-electron chi connectivity index (χ4n) is 3.69. The van der Waals surface area contributed by atoms with E-state index in [0.717, 1.165) is 37.2 Å². The number of aliphatic hydroxyl groups is 2. The first kappa shape index (κ1) is 25.1. The van der Waals surface area contributed by atoms with Gasteiger partial charge in [-0.2, -0.15) is 0 Å². The van der Waals surface area contributed by atoms with Gasteiger partial charge in [-0.1, -0.05) is 35.3 Å². The lowest BCUT2D eigenvalue weighted by molar-refractivity contribution is 0.0556. The van der Waals surface area contributed by atoms with Crippen molar-refractivity contribution in [1.29, 1.82) is 0 Å². The van der Waals surface area contributed by atoms with Gasteiger partial charge < -0.3 is 29.9 Å². The molecule has 0 bridgehead atoms. The van der Waals surface area contributed by atoms with Crippen LogP contribution in [-0.4, -0.2) is 72.8 Å². The molecular weight excluding hydrogens is 451 g/mol. The molecule has 0 aromatic heterocycles. The number of likely N-dealkylation sites (tertiary alicyclic amines) is 1. The summed E-state index contributed by atoms with van der Waals surface area (Å²) in [7, 11) is 0. The summed E-state index contributed by atoms with van der Waals surface area (Å²) < 4.78 is 11.3. The second kappa shape index (κ2) is 12.6. The Labute approximate surface area is 200 Å². The van der Waals surface area contributed by atoms with Crippen LogP contribution in [0.4, 0.5) is 0 Å². The van der Waals surface area contributed by atoms with Gasteiger partial charge in [-0.05, 0) is 62.7 Å². The molecule has 0 amide bonds. The van der Waals surface area contributed by atoms with Gasteiger partial charge in [0, 0.05) is 25.2 Å². The molecule has 1 aliphatic heterocycles. The van der Waals surface area contributed by atoms with E-state index < -0.39 is 12.2 Å². The fraction of sp³-hybridized carbons (Fsp3) is 0.500. The van der Waals surface area contributed by atoms with Crippen molar-refractivity contribution >= 4 is 23.2 Å². The third-order valence-electron chi connectivity index (χ3n) is 5.46. The zero-order valence-electron chi connectivity index (χ0n) is 18.3. The van der Waals surface area contributed by atoms with Crippen LogP contribution < -0.4 is 14.8 Å². The number of aryl methyl sites for hydroxylation is 1. The standard InChI is InChI=1S/C24H32Cl2N2O4/c1-17-3-2-4-21(11-17)31-15-19(29)13-27-18-7-9-28(10-8-18)14-20(30)16-32-22-5-6-23(25)24(26)12-22/h2-6,11-12,18-20,27,29-30H,7-10,13-16H2,1H3/t19-,20+/m0/s1. The number of aliphatic hydroxyl groups excluding tert-OH is 2. The Balaban J connectivity index is 1.28. The number of halogens is 2. The molecule has 176 valence electrons. The average molecular weight is 483 g/mol. The van der Waals surface area contributed by atoms with Gasteiger partial charge in [-0.3, -0.25) is 0 Å². The Morgan fingerprint density at radius 3 is 2.34 bits per heavy atom. The highest BCUT2D eigenvalue weighted by atomic mass is 35.5. The Hall–Kier alpha value is -1.54. The van der Waals surface area contributed by atoms with Crippen molar-refractivity contribution in [3.05, 3.63) is 58.1 Å². The molecule has 3 N–H and O–H groups in total. The van der Waals surface area contributed by atoms with Gasteiger partial charge in [-0.25, -0.2) is 0 Å². The normalized spacial score (nSPS) is 17.2. The SMILES string of the molecule is Cc1cccc(OC[C@@H](O)CNC2CCN(C[C@@H](O)COc3ccc(Cl)c(Cl)c3)CC2)c1. The van der Waals surface area contributed by atoms with Crippen molar-refractivity contribution in [3.8, 4) is 11.5 Å². The highest BCUT2D eigenvalue weighted by Gasteiger charge is 2.21. The third kappa shape index (κ3) is 8.43. The molecule has 2 aromatic carbocycles. The van der Waals surface area contributed by atoms with Crippen LogP contribution >= 0.6 is 23.2 Å². The lowest BCUT2D eigenvalue weighted by Crippen LogP contribution is -2.47. The molecule has 6 nitrogen and oxygen atoms in total. The Kier molecular flexibility index (Phi) is 9.91. The van der Waals surface area contributed by atoms with Crippen molar-refractivity contribution in [2.75, 3.05) is 39.4 Å². The number of rotatable bonds is 11. The summed E-state index contributed by atoms with van der Waals surface area (Å²) in [5, 5.41) is 24.9. The second-order valence-electron chi connectivity index (χ2n) is 8.31. The fourth-order valence-corrected chi connectivity index (χ4v) is 3.98. The van der Waals surface area contributed by atoms with E-state index in [1.165, 1.54) is 0 Å². The maximum absolute atomic E-state index is 10.3. The summed E-state index contributed by atoms with van der Waals surface area (Å²) in [5.41, 5.74) is 1.13. The lowest BCUT2D eigenvalue weighted by Gasteiger charge is -2.33. The Bertz CT molecular complexity index is 846. The van der Waals surface area contributed by atoms with Crippen molar-refractivity contribution in [2.24, 2.45) is 0 Å². The first-order chi connectivity index (χ1) is 15.4. The largest absolute Gasteiger partial charge is 0.491 e. The van der Waals surface area contributed by atoms with Crippen LogP contribution in [0.3, 0.4) is 0 Å². The van der Waals surface area contributed by atoms with Crippen molar-refractivity contribution < 1.29 is 19.7 Å². The molecule has 0 unspecified atom stereocenters. The summed E-state index contributed by atoms with van der Waals surface area (Å²) in [6.07, 6.45) is 0.779. The van der Waals surface area contributed by atoms with Crippen molar-refractivity contribution in [1.82, 2.24) is 10.2 Å². The van der Waals surface area contributed by atoms with Crippen LogP contribution in [0.25, 0.3) is 0 Å². The third-order valence-corrected chi connectivity index (χ3v) is 6.20.